The average Bonchev–Trinajstić information content (AvgIpc) is 2.43. The molecule has 0 aliphatic carbocycles. The van der Waals surface area contributed by atoms with Gasteiger partial charge in [0, 0.05) is 26.2 Å². The van der Waals surface area contributed by atoms with Crippen LogP contribution >= 0.6 is 0 Å². The van der Waals surface area contributed by atoms with Gasteiger partial charge in [-0.15, -0.1) is 0 Å². The minimum Gasteiger partial charge on any atom is -0.242 e. The standard InChI is InChI=1S/C14H28N2/c1-12-9-13(2)14(3)11-16-8-6-4-5-7-15(16)10-12/h12-14H,4-11H2,1-3H3. The molecule has 0 N–H and O–H groups in total. The molecule has 0 aromatic carbocycles. The second-order valence-electron chi connectivity index (χ2n) is 6.18. The Hall–Kier alpha value is -0.0800. The van der Waals surface area contributed by atoms with E-state index in [0.717, 1.165) is 17.8 Å². The lowest BCUT2D eigenvalue weighted by Gasteiger charge is -2.41. The zero-order valence-corrected chi connectivity index (χ0v) is 11.3. The summed E-state index contributed by atoms with van der Waals surface area (Å²) in [6, 6.07) is 0. The van der Waals surface area contributed by atoms with Crippen molar-refractivity contribution >= 4 is 0 Å². The van der Waals surface area contributed by atoms with Crippen molar-refractivity contribution in [3.63, 3.8) is 0 Å². The molecule has 0 aromatic heterocycles. The van der Waals surface area contributed by atoms with E-state index in [2.05, 4.69) is 30.8 Å². The number of rotatable bonds is 0. The fourth-order valence-corrected chi connectivity index (χ4v) is 3.28. The Morgan fingerprint density at radius 1 is 0.750 bits per heavy atom. The molecule has 2 saturated heterocycles. The van der Waals surface area contributed by atoms with Gasteiger partial charge in [0.15, 0.2) is 0 Å². The predicted octanol–water partition coefficient (Wildman–Crippen LogP) is 3.00. The highest BCUT2D eigenvalue weighted by Gasteiger charge is 2.27. The van der Waals surface area contributed by atoms with Gasteiger partial charge in [-0.3, -0.25) is 0 Å². The SMILES string of the molecule is CC1CC(C)C(C)CN2CCCCCN2C1. The van der Waals surface area contributed by atoms with Crippen LogP contribution in [-0.4, -0.2) is 36.2 Å². The Labute approximate surface area is 101 Å². The molecule has 0 bridgehead atoms. The number of hydrogen-bond donors (Lipinski definition) is 0. The maximum Gasteiger partial charge on any atom is 0.0161 e. The molecule has 0 radical (unpaired) electrons. The summed E-state index contributed by atoms with van der Waals surface area (Å²) in [5, 5.41) is 5.31. The molecule has 2 fully saturated rings. The van der Waals surface area contributed by atoms with E-state index in [1.807, 2.05) is 0 Å². The first-order valence-electron chi connectivity index (χ1n) is 7.16. The van der Waals surface area contributed by atoms with Crippen LogP contribution in [0.15, 0.2) is 0 Å². The third-order valence-electron chi connectivity index (χ3n) is 4.50. The Morgan fingerprint density at radius 3 is 2.06 bits per heavy atom. The van der Waals surface area contributed by atoms with E-state index in [1.165, 1.54) is 51.9 Å². The van der Waals surface area contributed by atoms with Crippen LogP contribution in [0.2, 0.25) is 0 Å². The molecular weight excluding hydrogens is 196 g/mol. The van der Waals surface area contributed by atoms with Crippen molar-refractivity contribution in [1.82, 2.24) is 10.0 Å². The summed E-state index contributed by atoms with van der Waals surface area (Å²) in [7, 11) is 0. The van der Waals surface area contributed by atoms with E-state index in [-0.39, 0.29) is 0 Å². The third-order valence-corrected chi connectivity index (χ3v) is 4.50. The quantitative estimate of drug-likeness (QED) is 0.624. The number of hydrogen-bond acceptors (Lipinski definition) is 2. The second kappa shape index (κ2) is 5.50. The largest absolute Gasteiger partial charge is 0.242 e. The first-order valence-corrected chi connectivity index (χ1v) is 7.16. The fourth-order valence-electron chi connectivity index (χ4n) is 3.28. The van der Waals surface area contributed by atoms with Crippen molar-refractivity contribution in [1.29, 1.82) is 0 Å². The van der Waals surface area contributed by atoms with Crippen LogP contribution in [0.5, 0.6) is 0 Å². The lowest BCUT2D eigenvalue weighted by atomic mass is 9.86. The molecule has 2 aliphatic rings. The molecule has 2 aliphatic heterocycles. The molecule has 2 nitrogen and oxygen atoms in total. The minimum absolute atomic E-state index is 0.850. The summed E-state index contributed by atoms with van der Waals surface area (Å²) in [6.07, 6.45) is 5.62. The zero-order chi connectivity index (χ0) is 11.5. The monoisotopic (exact) mass is 224 g/mol. The van der Waals surface area contributed by atoms with Crippen molar-refractivity contribution in [3.05, 3.63) is 0 Å². The second-order valence-corrected chi connectivity index (χ2v) is 6.18. The highest BCUT2D eigenvalue weighted by Crippen LogP contribution is 2.27. The van der Waals surface area contributed by atoms with Gasteiger partial charge in [0.25, 0.3) is 0 Å². The molecule has 3 unspecified atom stereocenters. The first kappa shape index (κ1) is 12.4. The number of nitrogens with zero attached hydrogens (tertiary/aromatic N) is 2. The average molecular weight is 224 g/mol. The molecule has 0 aromatic rings. The molecule has 16 heavy (non-hydrogen) atoms. The van der Waals surface area contributed by atoms with Gasteiger partial charge in [-0.25, -0.2) is 10.0 Å². The Kier molecular flexibility index (Phi) is 4.26. The maximum absolute atomic E-state index is 2.66. The van der Waals surface area contributed by atoms with E-state index >= 15 is 0 Å². The summed E-state index contributed by atoms with van der Waals surface area (Å²) in [6.45, 7) is 12.5. The smallest absolute Gasteiger partial charge is 0.0161 e. The van der Waals surface area contributed by atoms with E-state index in [9.17, 15) is 0 Å². The van der Waals surface area contributed by atoms with Gasteiger partial charge >= 0.3 is 0 Å². The van der Waals surface area contributed by atoms with Gasteiger partial charge in [0.1, 0.15) is 0 Å². The zero-order valence-electron chi connectivity index (χ0n) is 11.3. The molecule has 94 valence electrons. The molecule has 0 spiro atoms. The van der Waals surface area contributed by atoms with Crippen LogP contribution in [-0.2, 0) is 0 Å². The molecule has 2 rings (SSSR count). The van der Waals surface area contributed by atoms with Crippen LogP contribution in [0, 0.1) is 17.8 Å². The van der Waals surface area contributed by atoms with Gasteiger partial charge in [-0.2, -0.15) is 0 Å². The van der Waals surface area contributed by atoms with E-state index < -0.39 is 0 Å². The van der Waals surface area contributed by atoms with E-state index in [0.29, 0.717) is 0 Å². The van der Waals surface area contributed by atoms with Crippen LogP contribution in [0.3, 0.4) is 0 Å². The first-order chi connectivity index (χ1) is 7.66. The maximum atomic E-state index is 2.66. The van der Waals surface area contributed by atoms with Crippen LogP contribution in [0.25, 0.3) is 0 Å². The van der Waals surface area contributed by atoms with Crippen molar-refractivity contribution in [3.8, 4) is 0 Å². The highest BCUT2D eigenvalue weighted by molar-refractivity contribution is 4.76. The molecule has 0 saturated carbocycles. The molecular formula is C14H28N2. The van der Waals surface area contributed by atoms with Gasteiger partial charge in [0.05, 0.1) is 0 Å². The molecule has 3 atom stereocenters. The summed E-state index contributed by atoms with van der Waals surface area (Å²) >= 11 is 0. The van der Waals surface area contributed by atoms with Gasteiger partial charge in [-0.1, -0.05) is 27.2 Å². The topological polar surface area (TPSA) is 6.48 Å². The lowest BCUT2D eigenvalue weighted by Crippen LogP contribution is -2.49. The summed E-state index contributed by atoms with van der Waals surface area (Å²) in [5.74, 6) is 2.60. The molecule has 0 amide bonds. The lowest BCUT2D eigenvalue weighted by molar-refractivity contribution is -0.0572. The Morgan fingerprint density at radius 2 is 1.38 bits per heavy atom. The number of hydrazine groups is 1. The Bertz CT molecular complexity index is 217. The number of fused-ring (bicyclic) bond motifs is 1. The normalized spacial score (nSPS) is 39.6. The van der Waals surface area contributed by atoms with Crippen molar-refractivity contribution < 1.29 is 0 Å². The van der Waals surface area contributed by atoms with Gasteiger partial charge < -0.3 is 0 Å². The molecule has 2 heterocycles. The molecule has 2 heteroatoms. The summed E-state index contributed by atoms with van der Waals surface area (Å²) in [5.41, 5.74) is 0. The minimum atomic E-state index is 0.850. The van der Waals surface area contributed by atoms with E-state index in [4.69, 9.17) is 0 Å². The van der Waals surface area contributed by atoms with Gasteiger partial charge in [0.2, 0.25) is 0 Å². The summed E-state index contributed by atoms with van der Waals surface area (Å²) in [4.78, 5) is 0. The van der Waals surface area contributed by atoms with Crippen LogP contribution in [0.4, 0.5) is 0 Å². The van der Waals surface area contributed by atoms with Crippen molar-refractivity contribution in [2.24, 2.45) is 17.8 Å². The third kappa shape index (κ3) is 2.98. The van der Waals surface area contributed by atoms with E-state index in [1.54, 1.807) is 0 Å². The predicted molar refractivity (Wildman–Crippen MR) is 69.1 cm³/mol. The van der Waals surface area contributed by atoms with Crippen molar-refractivity contribution in [2.75, 3.05) is 26.2 Å². The van der Waals surface area contributed by atoms with Crippen molar-refractivity contribution in [2.45, 2.75) is 46.5 Å². The summed E-state index contributed by atoms with van der Waals surface area (Å²) < 4.78 is 0. The van der Waals surface area contributed by atoms with Crippen LogP contribution < -0.4 is 0 Å². The highest BCUT2D eigenvalue weighted by atomic mass is 15.6. The fraction of sp³-hybridized carbons (Fsp3) is 1.00. The Balaban J connectivity index is 2.05. The van der Waals surface area contributed by atoms with Crippen LogP contribution in [0.1, 0.15) is 46.5 Å². The van der Waals surface area contributed by atoms with Gasteiger partial charge in [-0.05, 0) is 37.0 Å².